The third-order valence-corrected chi connectivity index (χ3v) is 4.74. The molecule has 3 N–H and O–H groups in total. The van der Waals surface area contributed by atoms with Gasteiger partial charge in [0.2, 0.25) is 5.16 Å². The van der Waals surface area contributed by atoms with Gasteiger partial charge in [0.1, 0.15) is 5.37 Å². The first-order chi connectivity index (χ1) is 12.2. The summed E-state index contributed by atoms with van der Waals surface area (Å²) < 4.78 is 1.80. The molecule has 3 aromatic rings. The first-order valence-electron chi connectivity index (χ1n) is 7.66. The van der Waals surface area contributed by atoms with E-state index in [1.54, 1.807) is 34.6 Å². The SMILES string of the molecule is [O-][NH+](O)c1cccc(-c2nnc3n2N[C@@H](C=Cc2ccccc2)S3)c1. The van der Waals surface area contributed by atoms with Crippen molar-refractivity contribution in [1.82, 2.24) is 14.9 Å². The van der Waals surface area contributed by atoms with Gasteiger partial charge in [0, 0.05) is 17.7 Å². The minimum absolute atomic E-state index is 0.0344. The molecule has 1 aromatic heterocycles. The van der Waals surface area contributed by atoms with Crippen LogP contribution in [0.1, 0.15) is 5.56 Å². The minimum Gasteiger partial charge on any atom is -0.595 e. The smallest absolute Gasteiger partial charge is 0.212 e. The molecule has 4 rings (SSSR count). The highest BCUT2D eigenvalue weighted by Gasteiger charge is 2.25. The molecular weight excluding hydrogens is 338 g/mol. The maximum Gasteiger partial charge on any atom is 0.212 e. The quantitative estimate of drug-likeness (QED) is 0.622. The number of rotatable bonds is 4. The van der Waals surface area contributed by atoms with Crippen LogP contribution in [0.4, 0.5) is 5.69 Å². The Balaban J connectivity index is 1.56. The number of nitrogens with one attached hydrogen (secondary N) is 2. The van der Waals surface area contributed by atoms with Crippen molar-refractivity contribution in [2.75, 3.05) is 5.43 Å². The van der Waals surface area contributed by atoms with Crippen molar-refractivity contribution >= 4 is 23.5 Å². The first kappa shape index (κ1) is 15.9. The van der Waals surface area contributed by atoms with E-state index in [4.69, 9.17) is 5.21 Å². The molecular formula is C17H15N5O2S. The zero-order chi connectivity index (χ0) is 17.2. The summed E-state index contributed by atoms with van der Waals surface area (Å²) in [5.41, 5.74) is 5.38. The number of fused-ring (bicyclic) bond motifs is 1. The van der Waals surface area contributed by atoms with Gasteiger partial charge >= 0.3 is 0 Å². The van der Waals surface area contributed by atoms with Crippen LogP contribution in [-0.2, 0) is 0 Å². The highest BCUT2D eigenvalue weighted by molar-refractivity contribution is 8.00. The van der Waals surface area contributed by atoms with Crippen LogP contribution in [0.2, 0.25) is 0 Å². The van der Waals surface area contributed by atoms with Gasteiger partial charge in [-0.15, -0.1) is 10.2 Å². The average molecular weight is 353 g/mol. The molecule has 0 spiro atoms. The van der Waals surface area contributed by atoms with Gasteiger partial charge in [0.15, 0.2) is 11.5 Å². The second kappa shape index (κ2) is 6.69. The van der Waals surface area contributed by atoms with Gasteiger partial charge < -0.3 is 10.6 Å². The predicted octanol–water partition coefficient (Wildman–Crippen LogP) is 2.04. The van der Waals surface area contributed by atoms with Gasteiger partial charge in [-0.25, -0.2) is 9.88 Å². The van der Waals surface area contributed by atoms with Crippen LogP contribution in [0.25, 0.3) is 17.5 Å². The van der Waals surface area contributed by atoms with Gasteiger partial charge in [0.25, 0.3) is 0 Å². The lowest BCUT2D eigenvalue weighted by Gasteiger charge is -2.12. The van der Waals surface area contributed by atoms with Gasteiger partial charge in [-0.1, -0.05) is 60.3 Å². The first-order valence-corrected chi connectivity index (χ1v) is 8.54. The molecule has 0 saturated carbocycles. The van der Waals surface area contributed by atoms with Crippen molar-refractivity contribution in [2.24, 2.45) is 0 Å². The molecule has 0 saturated heterocycles. The van der Waals surface area contributed by atoms with E-state index in [0.29, 0.717) is 11.4 Å². The van der Waals surface area contributed by atoms with E-state index in [9.17, 15) is 5.21 Å². The number of benzene rings is 2. The van der Waals surface area contributed by atoms with E-state index in [1.165, 1.54) is 0 Å². The lowest BCUT2D eigenvalue weighted by atomic mass is 10.2. The van der Waals surface area contributed by atoms with Crippen molar-refractivity contribution in [3.63, 3.8) is 0 Å². The van der Waals surface area contributed by atoms with Crippen molar-refractivity contribution in [2.45, 2.75) is 10.5 Å². The Bertz CT molecular complexity index is 910. The van der Waals surface area contributed by atoms with Gasteiger partial charge in [-0.3, -0.25) is 0 Å². The fourth-order valence-electron chi connectivity index (χ4n) is 2.55. The largest absolute Gasteiger partial charge is 0.595 e. The molecule has 1 unspecified atom stereocenters. The Morgan fingerprint density at radius 1 is 1.16 bits per heavy atom. The zero-order valence-corrected chi connectivity index (χ0v) is 13.9. The molecule has 0 radical (unpaired) electrons. The fraction of sp³-hybridized carbons (Fsp3) is 0.0588. The van der Waals surface area contributed by atoms with Crippen LogP contribution in [0.3, 0.4) is 0 Å². The lowest BCUT2D eigenvalue weighted by Crippen LogP contribution is -2.99. The zero-order valence-electron chi connectivity index (χ0n) is 13.0. The molecule has 2 atom stereocenters. The summed E-state index contributed by atoms with van der Waals surface area (Å²) in [5, 5.41) is 28.5. The van der Waals surface area contributed by atoms with Crippen molar-refractivity contribution < 1.29 is 10.4 Å². The highest BCUT2D eigenvalue weighted by atomic mass is 32.2. The molecule has 0 fully saturated rings. The van der Waals surface area contributed by atoms with Crippen LogP contribution in [0.15, 0.2) is 65.8 Å². The third kappa shape index (κ3) is 3.28. The van der Waals surface area contributed by atoms with Crippen LogP contribution >= 0.6 is 11.8 Å². The molecule has 2 aromatic carbocycles. The Kier molecular flexibility index (Phi) is 4.24. The fourth-order valence-corrected chi connectivity index (χ4v) is 3.43. The summed E-state index contributed by atoms with van der Waals surface area (Å²) in [7, 11) is 0. The standard InChI is InChI=1S/C17H15N5O2S/c23-22(24)14-8-4-7-13(11-14)16-18-19-17-21(16)20-15(25-17)10-9-12-5-2-1-3-6-12/h1-11,15,20,22-23H/t15-/m1/s1. The summed E-state index contributed by atoms with van der Waals surface area (Å²) >= 11 is 1.56. The summed E-state index contributed by atoms with van der Waals surface area (Å²) in [4.78, 5) is 0. The second-order valence-corrected chi connectivity index (χ2v) is 6.57. The van der Waals surface area contributed by atoms with E-state index in [0.717, 1.165) is 10.7 Å². The summed E-state index contributed by atoms with van der Waals surface area (Å²) in [6, 6.07) is 16.7. The summed E-state index contributed by atoms with van der Waals surface area (Å²) in [6.45, 7) is 0. The maximum absolute atomic E-state index is 11.2. The number of hydrogen-bond acceptors (Lipinski definition) is 6. The highest BCUT2D eigenvalue weighted by Crippen LogP contribution is 2.32. The van der Waals surface area contributed by atoms with Gasteiger partial charge in [-0.05, 0) is 11.6 Å². The summed E-state index contributed by atoms with van der Waals surface area (Å²) in [5.74, 6) is 0.598. The molecule has 2 heterocycles. The monoisotopic (exact) mass is 353 g/mol. The molecule has 126 valence electrons. The molecule has 0 amide bonds. The lowest BCUT2D eigenvalue weighted by molar-refractivity contribution is -0.991. The van der Waals surface area contributed by atoms with Crippen LogP contribution in [-0.4, -0.2) is 25.5 Å². The average Bonchev–Trinajstić information content (AvgIpc) is 3.21. The second-order valence-electron chi connectivity index (χ2n) is 5.46. The molecule has 0 bridgehead atoms. The summed E-state index contributed by atoms with van der Waals surface area (Å²) in [6.07, 6.45) is 4.11. The van der Waals surface area contributed by atoms with E-state index in [-0.39, 0.29) is 11.1 Å². The van der Waals surface area contributed by atoms with Crippen molar-refractivity contribution in [1.29, 1.82) is 0 Å². The molecule has 8 heteroatoms. The van der Waals surface area contributed by atoms with Crippen LogP contribution < -0.4 is 10.7 Å². The molecule has 7 nitrogen and oxygen atoms in total. The number of nitrogens with zero attached hydrogens (tertiary/aromatic N) is 3. The maximum atomic E-state index is 11.2. The van der Waals surface area contributed by atoms with E-state index in [1.807, 2.05) is 36.4 Å². The predicted molar refractivity (Wildman–Crippen MR) is 95.7 cm³/mol. The third-order valence-electron chi connectivity index (χ3n) is 3.75. The van der Waals surface area contributed by atoms with Crippen LogP contribution in [0.5, 0.6) is 0 Å². The van der Waals surface area contributed by atoms with E-state index < -0.39 is 5.23 Å². The Hall–Kier alpha value is -2.65. The van der Waals surface area contributed by atoms with Crippen molar-refractivity contribution in [3.05, 3.63) is 71.4 Å². The topological polar surface area (TPSA) is 90.5 Å². The molecule has 0 aliphatic carbocycles. The van der Waals surface area contributed by atoms with Gasteiger partial charge in [-0.2, -0.15) is 5.23 Å². The molecule has 25 heavy (non-hydrogen) atoms. The normalized spacial score (nSPS) is 17.4. The van der Waals surface area contributed by atoms with E-state index in [2.05, 4.69) is 27.8 Å². The molecule has 1 aliphatic rings. The Labute approximate surface area is 148 Å². The minimum atomic E-state index is -0.964. The van der Waals surface area contributed by atoms with E-state index >= 15 is 0 Å². The Morgan fingerprint density at radius 3 is 2.80 bits per heavy atom. The van der Waals surface area contributed by atoms with Gasteiger partial charge in [0.05, 0.1) is 0 Å². The number of hydrogen-bond donors (Lipinski definition) is 3. The number of aromatic nitrogens is 3. The van der Waals surface area contributed by atoms with Crippen LogP contribution in [0, 0.1) is 5.21 Å². The van der Waals surface area contributed by atoms with Crippen molar-refractivity contribution in [3.8, 4) is 11.4 Å². The molecule has 1 aliphatic heterocycles. The number of thioether (sulfide) groups is 1. The number of quaternary nitrogens is 1. The Morgan fingerprint density at radius 2 is 2.00 bits per heavy atom.